The van der Waals surface area contributed by atoms with Gasteiger partial charge in [-0.1, -0.05) is 18.2 Å². The van der Waals surface area contributed by atoms with E-state index in [0.29, 0.717) is 0 Å². The van der Waals surface area contributed by atoms with E-state index in [-0.39, 0.29) is 5.91 Å². The van der Waals surface area contributed by atoms with Crippen LogP contribution in [0.1, 0.15) is 10.4 Å². The molecule has 4 heteroatoms. The predicted molar refractivity (Wildman–Crippen MR) is 62.8 cm³/mol. The van der Waals surface area contributed by atoms with Gasteiger partial charge in [-0.15, -0.1) is 0 Å². The lowest BCUT2D eigenvalue weighted by Crippen LogP contribution is -2.45. The Morgan fingerprint density at radius 2 is 1.67 bits per heavy atom. The van der Waals surface area contributed by atoms with Gasteiger partial charge in [0, 0.05) is 47.9 Å². The van der Waals surface area contributed by atoms with Crippen molar-refractivity contribution in [3.63, 3.8) is 0 Å². The molecule has 0 aliphatic carbocycles. The van der Waals surface area contributed by atoms with Crippen LogP contribution in [0.2, 0.25) is 0 Å². The maximum Gasteiger partial charge on any atom is 0.253 e. The number of benzene rings is 1. The lowest BCUT2D eigenvalue weighted by atomic mass is 10.2. The summed E-state index contributed by atoms with van der Waals surface area (Å²) in [6.45, 7) is 3.36. The standard InChI is InChI=1S/C11H13BrN2O/c12-14-8-6-13(7-9-14)11(15)10-4-2-1-3-5-10/h1-5H,6-9H2. The van der Waals surface area contributed by atoms with Crippen LogP contribution < -0.4 is 0 Å². The van der Waals surface area contributed by atoms with Gasteiger partial charge in [0.05, 0.1) is 0 Å². The second-order valence-corrected chi connectivity index (χ2v) is 4.57. The Morgan fingerprint density at radius 3 is 2.27 bits per heavy atom. The highest BCUT2D eigenvalue weighted by Gasteiger charge is 2.20. The SMILES string of the molecule is O=C(c1ccccc1)N1CCN(Br)CC1. The van der Waals surface area contributed by atoms with Crippen molar-refractivity contribution in [1.82, 2.24) is 8.83 Å². The second-order valence-electron chi connectivity index (χ2n) is 3.57. The van der Waals surface area contributed by atoms with Gasteiger partial charge in [-0.3, -0.25) is 4.79 Å². The Morgan fingerprint density at radius 1 is 1.07 bits per heavy atom. The predicted octanol–water partition coefficient (Wildman–Crippen LogP) is 1.75. The monoisotopic (exact) mass is 268 g/mol. The van der Waals surface area contributed by atoms with E-state index in [1.807, 2.05) is 35.2 Å². The summed E-state index contributed by atoms with van der Waals surface area (Å²) >= 11 is 3.42. The normalized spacial score (nSPS) is 17.8. The van der Waals surface area contributed by atoms with Crippen molar-refractivity contribution in [2.24, 2.45) is 0 Å². The summed E-state index contributed by atoms with van der Waals surface area (Å²) in [7, 11) is 0. The van der Waals surface area contributed by atoms with E-state index in [2.05, 4.69) is 20.1 Å². The van der Waals surface area contributed by atoms with E-state index in [1.54, 1.807) is 0 Å². The van der Waals surface area contributed by atoms with Crippen molar-refractivity contribution in [2.45, 2.75) is 0 Å². The second kappa shape index (κ2) is 4.77. The highest BCUT2D eigenvalue weighted by Crippen LogP contribution is 2.10. The maximum absolute atomic E-state index is 12.0. The summed E-state index contributed by atoms with van der Waals surface area (Å²) in [6.07, 6.45) is 0. The van der Waals surface area contributed by atoms with Gasteiger partial charge in [0.1, 0.15) is 0 Å². The molecule has 1 aliphatic rings. The molecule has 1 fully saturated rings. The van der Waals surface area contributed by atoms with Gasteiger partial charge in [-0.25, -0.2) is 3.93 Å². The fraction of sp³-hybridized carbons (Fsp3) is 0.364. The third-order valence-corrected chi connectivity index (χ3v) is 3.24. The summed E-state index contributed by atoms with van der Waals surface area (Å²) in [5, 5.41) is 0. The van der Waals surface area contributed by atoms with Crippen molar-refractivity contribution >= 4 is 22.1 Å². The summed E-state index contributed by atoms with van der Waals surface area (Å²) in [5.41, 5.74) is 0.778. The van der Waals surface area contributed by atoms with E-state index in [9.17, 15) is 4.79 Å². The third-order valence-electron chi connectivity index (χ3n) is 2.53. The number of hydrogen-bond acceptors (Lipinski definition) is 2. The van der Waals surface area contributed by atoms with Crippen LogP contribution in [0.15, 0.2) is 30.3 Å². The Balaban J connectivity index is 2.03. The van der Waals surface area contributed by atoms with Crippen LogP contribution in [-0.2, 0) is 0 Å². The minimum atomic E-state index is 0.135. The van der Waals surface area contributed by atoms with Crippen molar-refractivity contribution in [1.29, 1.82) is 0 Å². The molecule has 3 nitrogen and oxygen atoms in total. The highest BCUT2D eigenvalue weighted by molar-refractivity contribution is 9.07. The largest absolute Gasteiger partial charge is 0.336 e. The third kappa shape index (κ3) is 2.58. The fourth-order valence-electron chi connectivity index (χ4n) is 1.65. The van der Waals surface area contributed by atoms with Gasteiger partial charge in [-0.05, 0) is 12.1 Å². The van der Waals surface area contributed by atoms with Gasteiger partial charge < -0.3 is 4.90 Å². The molecule has 15 heavy (non-hydrogen) atoms. The zero-order chi connectivity index (χ0) is 10.7. The van der Waals surface area contributed by atoms with E-state index in [0.717, 1.165) is 31.7 Å². The van der Waals surface area contributed by atoms with Crippen LogP contribution in [0.3, 0.4) is 0 Å². The van der Waals surface area contributed by atoms with Gasteiger partial charge in [0.2, 0.25) is 0 Å². The molecule has 1 saturated heterocycles. The highest BCUT2D eigenvalue weighted by atomic mass is 79.9. The molecule has 1 aromatic carbocycles. The Hall–Kier alpha value is -0.870. The molecule has 0 atom stereocenters. The molecule has 1 aliphatic heterocycles. The summed E-state index contributed by atoms with van der Waals surface area (Å²) in [5.74, 6) is 0.135. The van der Waals surface area contributed by atoms with E-state index >= 15 is 0 Å². The molecule has 2 rings (SSSR count). The molecule has 1 heterocycles. The Bertz CT molecular complexity index is 334. The summed E-state index contributed by atoms with van der Waals surface area (Å²) in [4.78, 5) is 13.9. The van der Waals surface area contributed by atoms with Crippen LogP contribution in [0.25, 0.3) is 0 Å². The number of rotatable bonds is 1. The zero-order valence-corrected chi connectivity index (χ0v) is 9.98. The van der Waals surface area contributed by atoms with Crippen molar-refractivity contribution < 1.29 is 4.79 Å². The average Bonchev–Trinajstić information content (AvgIpc) is 2.30. The number of amides is 1. The smallest absolute Gasteiger partial charge is 0.253 e. The minimum Gasteiger partial charge on any atom is -0.336 e. The molecular weight excluding hydrogens is 256 g/mol. The number of carbonyl (C=O) groups excluding carboxylic acids is 1. The lowest BCUT2D eigenvalue weighted by molar-refractivity contribution is 0.0707. The van der Waals surface area contributed by atoms with Crippen LogP contribution in [0, 0.1) is 0 Å². The molecule has 0 bridgehead atoms. The van der Waals surface area contributed by atoms with Gasteiger partial charge in [-0.2, -0.15) is 0 Å². The molecule has 1 amide bonds. The molecular formula is C11H13BrN2O. The quantitative estimate of drug-likeness (QED) is 0.725. The number of piperazine rings is 1. The molecule has 0 aromatic heterocycles. The number of carbonyl (C=O) groups is 1. The first-order valence-corrected chi connectivity index (χ1v) is 5.73. The molecule has 0 unspecified atom stereocenters. The molecule has 0 radical (unpaired) electrons. The fourth-order valence-corrected chi connectivity index (χ4v) is 1.97. The van der Waals surface area contributed by atoms with Crippen molar-refractivity contribution in [2.75, 3.05) is 26.2 Å². The molecule has 0 spiro atoms. The van der Waals surface area contributed by atoms with Crippen LogP contribution >= 0.6 is 16.1 Å². The van der Waals surface area contributed by atoms with Crippen molar-refractivity contribution in [3.05, 3.63) is 35.9 Å². The Labute approximate surface area is 98.0 Å². The Kier molecular flexibility index (Phi) is 3.38. The first-order chi connectivity index (χ1) is 7.27. The first-order valence-electron chi connectivity index (χ1n) is 5.02. The van der Waals surface area contributed by atoms with Crippen molar-refractivity contribution in [3.8, 4) is 0 Å². The molecule has 0 saturated carbocycles. The van der Waals surface area contributed by atoms with E-state index in [4.69, 9.17) is 0 Å². The topological polar surface area (TPSA) is 23.6 Å². The summed E-state index contributed by atoms with van der Waals surface area (Å²) < 4.78 is 2.06. The first kappa shape index (κ1) is 10.6. The molecule has 0 N–H and O–H groups in total. The van der Waals surface area contributed by atoms with E-state index < -0.39 is 0 Å². The summed E-state index contributed by atoms with van der Waals surface area (Å²) in [6, 6.07) is 9.45. The number of nitrogens with zero attached hydrogens (tertiary/aromatic N) is 2. The molecule has 1 aromatic rings. The van der Waals surface area contributed by atoms with Crippen LogP contribution in [-0.4, -0.2) is 40.9 Å². The zero-order valence-electron chi connectivity index (χ0n) is 8.40. The average molecular weight is 269 g/mol. The molecule has 80 valence electrons. The van der Waals surface area contributed by atoms with Gasteiger partial charge in [0.15, 0.2) is 0 Å². The van der Waals surface area contributed by atoms with Gasteiger partial charge in [0.25, 0.3) is 5.91 Å². The van der Waals surface area contributed by atoms with Crippen LogP contribution in [0.4, 0.5) is 0 Å². The number of hydrogen-bond donors (Lipinski definition) is 0. The lowest BCUT2D eigenvalue weighted by Gasteiger charge is -2.31. The van der Waals surface area contributed by atoms with Gasteiger partial charge >= 0.3 is 0 Å². The van der Waals surface area contributed by atoms with Crippen LogP contribution in [0.5, 0.6) is 0 Å². The minimum absolute atomic E-state index is 0.135. The number of halogens is 1. The van der Waals surface area contributed by atoms with E-state index in [1.165, 1.54) is 0 Å². The maximum atomic E-state index is 12.0.